The second-order valence-corrected chi connectivity index (χ2v) is 5.80. The van der Waals surface area contributed by atoms with E-state index in [4.69, 9.17) is 9.84 Å². The van der Waals surface area contributed by atoms with E-state index in [-0.39, 0.29) is 29.5 Å². The van der Waals surface area contributed by atoms with E-state index < -0.39 is 15.8 Å². The Bertz CT molecular complexity index is 730. The molecule has 7 nitrogen and oxygen atoms in total. The van der Waals surface area contributed by atoms with Crippen LogP contribution in [0.3, 0.4) is 0 Å². The van der Waals surface area contributed by atoms with Gasteiger partial charge in [-0.1, -0.05) is 0 Å². The van der Waals surface area contributed by atoms with Crippen LogP contribution in [0.2, 0.25) is 0 Å². The van der Waals surface area contributed by atoms with Crippen molar-refractivity contribution in [1.82, 2.24) is 9.78 Å². The van der Waals surface area contributed by atoms with Gasteiger partial charge < -0.3 is 9.84 Å². The highest BCUT2D eigenvalue weighted by Crippen LogP contribution is 2.27. The lowest BCUT2D eigenvalue weighted by Crippen LogP contribution is -2.13. The van der Waals surface area contributed by atoms with E-state index in [1.54, 1.807) is 0 Å². The lowest BCUT2D eigenvalue weighted by molar-refractivity contribution is 0.269. The third-order valence-electron chi connectivity index (χ3n) is 2.66. The Morgan fingerprint density at radius 2 is 2.24 bits per heavy atom. The first-order valence-electron chi connectivity index (χ1n) is 5.96. The van der Waals surface area contributed by atoms with E-state index in [0.29, 0.717) is 0 Å². The van der Waals surface area contributed by atoms with Crippen molar-refractivity contribution in [2.45, 2.75) is 11.4 Å². The summed E-state index contributed by atoms with van der Waals surface area (Å²) in [6.07, 6.45) is 2.45. The summed E-state index contributed by atoms with van der Waals surface area (Å²) < 4.78 is 46.0. The van der Waals surface area contributed by atoms with Gasteiger partial charge in [-0.15, -0.1) is 0 Å². The number of halogens is 1. The molecule has 1 aromatic carbocycles. The molecule has 0 bridgehead atoms. The van der Waals surface area contributed by atoms with Gasteiger partial charge in [0.15, 0.2) is 0 Å². The maximum absolute atomic E-state index is 13.1. The number of sulfonamides is 1. The lowest BCUT2D eigenvalue weighted by Gasteiger charge is -2.10. The quantitative estimate of drug-likeness (QED) is 0.823. The predicted octanol–water partition coefficient (Wildman–Crippen LogP) is 0.824. The van der Waals surface area contributed by atoms with Crippen LogP contribution >= 0.6 is 0 Å². The molecule has 2 N–H and O–H groups in total. The molecule has 1 heterocycles. The first-order chi connectivity index (χ1) is 9.96. The zero-order valence-corrected chi connectivity index (χ0v) is 12.0. The number of hydrogen-bond donors (Lipinski definition) is 2. The van der Waals surface area contributed by atoms with E-state index in [2.05, 4.69) is 9.82 Å². The Labute approximate surface area is 121 Å². The SMILES string of the molecule is COc1cc(F)ccc1NS(=O)(=O)c1cnn(CCO)c1. The van der Waals surface area contributed by atoms with Crippen molar-refractivity contribution in [2.24, 2.45) is 0 Å². The van der Waals surface area contributed by atoms with Crippen molar-refractivity contribution in [3.8, 4) is 5.75 Å². The number of rotatable bonds is 6. The van der Waals surface area contributed by atoms with Crippen molar-refractivity contribution >= 4 is 15.7 Å². The van der Waals surface area contributed by atoms with Gasteiger partial charge in [0, 0.05) is 12.3 Å². The van der Waals surface area contributed by atoms with Crippen molar-refractivity contribution in [2.75, 3.05) is 18.4 Å². The van der Waals surface area contributed by atoms with Crippen LogP contribution in [-0.2, 0) is 16.6 Å². The first kappa shape index (κ1) is 15.3. The fourth-order valence-electron chi connectivity index (χ4n) is 1.66. The Hall–Kier alpha value is -2.13. The molecule has 0 fully saturated rings. The van der Waals surface area contributed by atoms with Crippen molar-refractivity contribution < 1.29 is 22.7 Å². The summed E-state index contributed by atoms with van der Waals surface area (Å²) in [5.41, 5.74) is 0.119. The zero-order chi connectivity index (χ0) is 15.5. The Kier molecular flexibility index (Phi) is 4.43. The maximum Gasteiger partial charge on any atom is 0.265 e. The van der Waals surface area contributed by atoms with Crippen molar-refractivity contribution in [3.05, 3.63) is 36.4 Å². The summed E-state index contributed by atoms with van der Waals surface area (Å²) in [4.78, 5) is -0.0673. The number of aliphatic hydroxyl groups excluding tert-OH is 1. The monoisotopic (exact) mass is 315 g/mol. The molecule has 0 atom stereocenters. The topological polar surface area (TPSA) is 93.5 Å². The maximum atomic E-state index is 13.1. The molecule has 0 aliphatic rings. The highest BCUT2D eigenvalue weighted by atomic mass is 32.2. The molecule has 9 heteroatoms. The molecule has 0 saturated carbocycles. The van der Waals surface area contributed by atoms with Gasteiger partial charge in [-0.25, -0.2) is 12.8 Å². The number of aliphatic hydroxyl groups is 1. The molecule has 1 aromatic heterocycles. The second kappa shape index (κ2) is 6.10. The fourth-order valence-corrected chi connectivity index (χ4v) is 2.68. The van der Waals surface area contributed by atoms with Gasteiger partial charge >= 0.3 is 0 Å². The molecule has 2 aromatic rings. The zero-order valence-electron chi connectivity index (χ0n) is 11.2. The number of nitrogens with one attached hydrogen (secondary N) is 1. The molecular formula is C12H14FN3O4S. The molecule has 0 aliphatic carbocycles. The highest BCUT2D eigenvalue weighted by Gasteiger charge is 2.18. The number of anilines is 1. The number of aromatic nitrogens is 2. The lowest BCUT2D eigenvalue weighted by atomic mass is 10.3. The normalized spacial score (nSPS) is 11.4. The number of methoxy groups -OCH3 is 1. The minimum Gasteiger partial charge on any atom is -0.494 e. The summed E-state index contributed by atoms with van der Waals surface area (Å²) >= 11 is 0. The van der Waals surface area contributed by atoms with Gasteiger partial charge in [0.05, 0.1) is 32.1 Å². The average Bonchev–Trinajstić information content (AvgIpc) is 2.90. The fraction of sp³-hybridized carbons (Fsp3) is 0.250. The molecule has 0 unspecified atom stereocenters. The van der Waals surface area contributed by atoms with Crippen LogP contribution in [0, 0.1) is 5.82 Å². The summed E-state index contributed by atoms with van der Waals surface area (Å²) in [6.45, 7) is 0.0375. The summed E-state index contributed by atoms with van der Waals surface area (Å²) in [5.74, 6) is -0.466. The van der Waals surface area contributed by atoms with Crippen LogP contribution in [-0.4, -0.2) is 37.0 Å². The molecule has 0 spiro atoms. The molecular weight excluding hydrogens is 301 g/mol. The highest BCUT2D eigenvalue weighted by molar-refractivity contribution is 7.92. The first-order valence-corrected chi connectivity index (χ1v) is 7.44. The van der Waals surface area contributed by atoms with Crippen LogP contribution < -0.4 is 9.46 Å². The average molecular weight is 315 g/mol. The van der Waals surface area contributed by atoms with E-state index in [0.717, 1.165) is 18.3 Å². The van der Waals surface area contributed by atoms with Crippen molar-refractivity contribution in [3.63, 3.8) is 0 Å². The molecule has 0 amide bonds. The van der Waals surface area contributed by atoms with Crippen LogP contribution in [0.4, 0.5) is 10.1 Å². The van der Waals surface area contributed by atoms with Gasteiger partial charge in [-0.05, 0) is 12.1 Å². The Morgan fingerprint density at radius 1 is 1.48 bits per heavy atom. The number of hydrogen-bond acceptors (Lipinski definition) is 5. The largest absolute Gasteiger partial charge is 0.494 e. The number of benzene rings is 1. The molecule has 0 radical (unpaired) electrons. The van der Waals surface area contributed by atoms with E-state index in [1.807, 2.05) is 0 Å². The van der Waals surface area contributed by atoms with E-state index in [1.165, 1.54) is 24.1 Å². The molecule has 0 saturated heterocycles. The van der Waals surface area contributed by atoms with Crippen LogP contribution in [0.25, 0.3) is 0 Å². The van der Waals surface area contributed by atoms with Crippen LogP contribution in [0.5, 0.6) is 5.75 Å². The minimum absolute atomic E-state index is 0.0673. The number of ether oxygens (including phenoxy) is 1. The number of nitrogens with zero attached hydrogens (tertiary/aromatic N) is 2. The van der Waals surface area contributed by atoms with Gasteiger partial charge in [0.1, 0.15) is 16.5 Å². The van der Waals surface area contributed by atoms with Gasteiger partial charge in [-0.3, -0.25) is 9.40 Å². The molecule has 21 heavy (non-hydrogen) atoms. The van der Waals surface area contributed by atoms with Crippen molar-refractivity contribution in [1.29, 1.82) is 0 Å². The molecule has 2 rings (SSSR count). The minimum atomic E-state index is -3.87. The van der Waals surface area contributed by atoms with Gasteiger partial charge in [0.2, 0.25) is 0 Å². The summed E-state index contributed by atoms with van der Waals surface area (Å²) in [6, 6.07) is 3.46. The van der Waals surface area contributed by atoms with Gasteiger partial charge in [-0.2, -0.15) is 5.10 Å². The van der Waals surface area contributed by atoms with E-state index in [9.17, 15) is 12.8 Å². The summed E-state index contributed by atoms with van der Waals surface area (Å²) in [5, 5.41) is 12.6. The molecule has 0 aliphatic heterocycles. The van der Waals surface area contributed by atoms with Gasteiger partial charge in [0.25, 0.3) is 10.0 Å². The standard InChI is InChI=1S/C12H14FN3O4S/c1-20-12-6-9(13)2-3-11(12)15-21(18,19)10-7-14-16(8-10)4-5-17/h2-3,6-8,15,17H,4-5H2,1H3. The van der Waals surface area contributed by atoms with Crippen LogP contribution in [0.1, 0.15) is 0 Å². The van der Waals surface area contributed by atoms with Crippen LogP contribution in [0.15, 0.2) is 35.5 Å². The summed E-state index contributed by atoms with van der Waals surface area (Å²) in [7, 11) is -2.56. The van der Waals surface area contributed by atoms with E-state index >= 15 is 0 Å². The molecule has 114 valence electrons. The third-order valence-corrected chi connectivity index (χ3v) is 3.98. The Morgan fingerprint density at radius 3 is 2.90 bits per heavy atom. The third kappa shape index (κ3) is 3.50. The Balaban J connectivity index is 2.28. The predicted molar refractivity (Wildman–Crippen MR) is 73.1 cm³/mol. The smallest absolute Gasteiger partial charge is 0.265 e. The second-order valence-electron chi connectivity index (χ2n) is 4.11.